The molecule has 1 atom stereocenters. The van der Waals surface area contributed by atoms with Crippen LogP contribution in [0.5, 0.6) is 0 Å². The fraction of sp³-hybridized carbons (Fsp3) is 0.286. The molecule has 0 saturated carbocycles. The van der Waals surface area contributed by atoms with Crippen LogP contribution < -0.4 is 0 Å². The molecule has 26 heavy (non-hydrogen) atoms. The molecule has 0 bridgehead atoms. The van der Waals surface area contributed by atoms with Crippen molar-refractivity contribution in [3.8, 4) is 0 Å². The van der Waals surface area contributed by atoms with Crippen LogP contribution in [0.15, 0.2) is 58.2 Å². The van der Waals surface area contributed by atoms with Crippen LogP contribution in [0.3, 0.4) is 0 Å². The van der Waals surface area contributed by atoms with Gasteiger partial charge < -0.3 is 4.42 Å². The highest BCUT2D eigenvalue weighted by molar-refractivity contribution is 8.00. The van der Waals surface area contributed by atoms with Gasteiger partial charge in [0.2, 0.25) is 5.89 Å². The van der Waals surface area contributed by atoms with E-state index < -0.39 is 0 Å². The van der Waals surface area contributed by atoms with E-state index >= 15 is 0 Å². The maximum atomic E-state index is 12.7. The topological polar surface area (TPSA) is 56.0 Å². The molecular formula is C21H20N2O2S. The number of carbonyl (C=O) groups is 1. The molecule has 1 unspecified atom stereocenters. The summed E-state index contributed by atoms with van der Waals surface area (Å²) in [6.07, 6.45) is 3.98. The zero-order valence-electron chi connectivity index (χ0n) is 14.6. The largest absolute Gasteiger partial charge is 0.416 e. The standard InChI is InChI=1S/C21H20N2O2S/c1-14(20(24)18-11-10-16-8-5-9-17(16)13-18)26-21-23-22-19(25-21)12-15-6-3-2-4-7-15/h2-4,6-7,10-11,13-14H,5,8-9,12H2,1H3. The van der Waals surface area contributed by atoms with Gasteiger partial charge >= 0.3 is 0 Å². The molecule has 1 aliphatic carbocycles. The summed E-state index contributed by atoms with van der Waals surface area (Å²) in [6.45, 7) is 1.89. The predicted molar refractivity (Wildman–Crippen MR) is 102 cm³/mol. The zero-order chi connectivity index (χ0) is 17.9. The van der Waals surface area contributed by atoms with Crippen molar-refractivity contribution >= 4 is 17.5 Å². The third-order valence-corrected chi connectivity index (χ3v) is 5.61. The Morgan fingerprint density at radius 1 is 1.12 bits per heavy atom. The van der Waals surface area contributed by atoms with Gasteiger partial charge in [-0.3, -0.25) is 4.79 Å². The Labute approximate surface area is 157 Å². The average molecular weight is 364 g/mol. The first-order chi connectivity index (χ1) is 12.7. The molecule has 1 heterocycles. The lowest BCUT2D eigenvalue weighted by Gasteiger charge is -2.09. The first-order valence-electron chi connectivity index (χ1n) is 8.88. The van der Waals surface area contributed by atoms with Gasteiger partial charge in [0.25, 0.3) is 5.22 Å². The van der Waals surface area contributed by atoms with Crippen molar-refractivity contribution < 1.29 is 9.21 Å². The molecule has 4 nitrogen and oxygen atoms in total. The van der Waals surface area contributed by atoms with Crippen molar-refractivity contribution in [2.24, 2.45) is 0 Å². The lowest BCUT2D eigenvalue weighted by Crippen LogP contribution is -2.13. The number of fused-ring (bicyclic) bond motifs is 1. The number of thioether (sulfide) groups is 1. The summed E-state index contributed by atoms with van der Waals surface area (Å²) >= 11 is 1.32. The van der Waals surface area contributed by atoms with Gasteiger partial charge in [-0.05, 0) is 48.9 Å². The summed E-state index contributed by atoms with van der Waals surface area (Å²) in [5.74, 6) is 0.670. The maximum absolute atomic E-state index is 12.7. The van der Waals surface area contributed by atoms with Crippen molar-refractivity contribution in [3.05, 3.63) is 76.7 Å². The van der Waals surface area contributed by atoms with Crippen LogP contribution in [0, 0.1) is 0 Å². The molecule has 0 fully saturated rings. The minimum absolute atomic E-state index is 0.104. The number of hydrogen-bond acceptors (Lipinski definition) is 5. The molecule has 0 aliphatic heterocycles. The van der Waals surface area contributed by atoms with E-state index in [1.165, 1.54) is 29.3 Å². The lowest BCUT2D eigenvalue weighted by molar-refractivity contribution is 0.0993. The molecule has 132 valence electrons. The minimum atomic E-state index is -0.264. The molecule has 0 spiro atoms. The highest BCUT2D eigenvalue weighted by atomic mass is 32.2. The number of Topliss-reactive ketones (excluding diaryl/α,β-unsaturated/α-hetero) is 1. The minimum Gasteiger partial charge on any atom is -0.416 e. The molecule has 0 amide bonds. The van der Waals surface area contributed by atoms with Crippen LogP contribution >= 0.6 is 11.8 Å². The fourth-order valence-corrected chi connectivity index (χ4v) is 4.07. The third kappa shape index (κ3) is 3.73. The number of aromatic nitrogens is 2. The van der Waals surface area contributed by atoms with E-state index in [2.05, 4.69) is 22.3 Å². The van der Waals surface area contributed by atoms with Gasteiger partial charge in [-0.2, -0.15) is 0 Å². The van der Waals surface area contributed by atoms with Crippen LogP contribution in [0.25, 0.3) is 0 Å². The molecule has 0 saturated heterocycles. The van der Waals surface area contributed by atoms with Crippen LogP contribution in [0.4, 0.5) is 0 Å². The maximum Gasteiger partial charge on any atom is 0.277 e. The number of aryl methyl sites for hydroxylation is 2. The summed E-state index contributed by atoms with van der Waals surface area (Å²) in [7, 11) is 0. The van der Waals surface area contributed by atoms with Crippen LogP contribution in [-0.2, 0) is 19.3 Å². The molecule has 2 aromatic carbocycles. The van der Waals surface area contributed by atoms with Crippen molar-refractivity contribution in [1.29, 1.82) is 0 Å². The highest BCUT2D eigenvalue weighted by Crippen LogP contribution is 2.28. The van der Waals surface area contributed by atoms with Gasteiger partial charge in [0.05, 0.1) is 11.7 Å². The van der Waals surface area contributed by atoms with E-state index in [1.807, 2.05) is 43.3 Å². The molecule has 1 aliphatic rings. The third-order valence-electron chi connectivity index (χ3n) is 4.68. The summed E-state index contributed by atoms with van der Waals surface area (Å²) in [5.41, 5.74) is 4.59. The molecular weight excluding hydrogens is 344 g/mol. The van der Waals surface area contributed by atoms with Gasteiger partial charge in [0, 0.05) is 5.56 Å². The number of benzene rings is 2. The Kier molecular flexibility index (Phi) is 4.89. The van der Waals surface area contributed by atoms with Crippen LogP contribution in [0.2, 0.25) is 0 Å². The first-order valence-corrected chi connectivity index (χ1v) is 9.76. The molecule has 4 rings (SSSR count). The van der Waals surface area contributed by atoms with E-state index in [1.54, 1.807) is 0 Å². The Morgan fingerprint density at radius 2 is 1.92 bits per heavy atom. The molecule has 5 heteroatoms. The van der Waals surface area contributed by atoms with Gasteiger partial charge in [0.1, 0.15) is 0 Å². The first kappa shape index (κ1) is 17.0. The normalized spacial score (nSPS) is 14.2. The number of rotatable bonds is 6. The number of ketones is 1. The highest BCUT2D eigenvalue weighted by Gasteiger charge is 2.21. The van der Waals surface area contributed by atoms with E-state index in [4.69, 9.17) is 4.42 Å². The number of nitrogens with zero attached hydrogens (tertiary/aromatic N) is 2. The van der Waals surface area contributed by atoms with E-state index in [0.717, 1.165) is 24.0 Å². The molecule has 3 aromatic rings. The van der Waals surface area contributed by atoms with Crippen molar-refractivity contribution in [2.75, 3.05) is 0 Å². The molecule has 0 N–H and O–H groups in total. The second-order valence-corrected chi connectivity index (χ2v) is 7.88. The van der Waals surface area contributed by atoms with Crippen molar-refractivity contribution in [2.45, 2.75) is 43.1 Å². The quantitative estimate of drug-likeness (QED) is 0.476. The zero-order valence-corrected chi connectivity index (χ0v) is 15.5. The summed E-state index contributed by atoms with van der Waals surface area (Å²) < 4.78 is 5.71. The van der Waals surface area contributed by atoms with Crippen molar-refractivity contribution in [3.63, 3.8) is 0 Å². The summed E-state index contributed by atoms with van der Waals surface area (Å²) in [4.78, 5) is 12.7. The molecule has 0 radical (unpaired) electrons. The monoisotopic (exact) mass is 364 g/mol. The van der Waals surface area contributed by atoms with Gasteiger partial charge in [0.15, 0.2) is 5.78 Å². The fourth-order valence-electron chi connectivity index (χ4n) is 3.29. The summed E-state index contributed by atoms with van der Waals surface area (Å²) in [6, 6.07) is 16.1. The van der Waals surface area contributed by atoms with Crippen molar-refractivity contribution in [1.82, 2.24) is 10.2 Å². The summed E-state index contributed by atoms with van der Waals surface area (Å²) in [5, 5.41) is 8.35. The van der Waals surface area contributed by atoms with E-state index in [9.17, 15) is 4.79 Å². The Hall–Kier alpha value is -2.40. The average Bonchev–Trinajstić information content (AvgIpc) is 3.30. The van der Waals surface area contributed by atoms with E-state index in [-0.39, 0.29) is 11.0 Å². The Balaban J connectivity index is 1.41. The predicted octanol–water partition coefficient (Wildman–Crippen LogP) is 4.51. The number of carbonyl (C=O) groups excluding carboxylic acids is 1. The molecule has 1 aromatic heterocycles. The van der Waals surface area contributed by atoms with Gasteiger partial charge in [-0.25, -0.2) is 0 Å². The van der Waals surface area contributed by atoms with E-state index in [0.29, 0.717) is 17.5 Å². The number of hydrogen-bond donors (Lipinski definition) is 0. The Bertz CT molecular complexity index is 921. The SMILES string of the molecule is CC(Sc1nnc(Cc2ccccc2)o1)C(=O)c1ccc2c(c1)CCC2. The van der Waals surface area contributed by atoms with Crippen LogP contribution in [0.1, 0.15) is 46.3 Å². The lowest BCUT2D eigenvalue weighted by atomic mass is 10.0. The van der Waals surface area contributed by atoms with Crippen LogP contribution in [-0.4, -0.2) is 21.2 Å². The Morgan fingerprint density at radius 3 is 2.77 bits per heavy atom. The second-order valence-electron chi connectivity index (χ2n) is 6.59. The van der Waals surface area contributed by atoms with Gasteiger partial charge in [-0.15, -0.1) is 10.2 Å². The van der Waals surface area contributed by atoms with Gasteiger partial charge in [-0.1, -0.05) is 54.2 Å². The smallest absolute Gasteiger partial charge is 0.277 e. The second kappa shape index (κ2) is 7.46.